The molecule has 4 rings (SSSR count). The van der Waals surface area contributed by atoms with Crippen LogP contribution in [0.3, 0.4) is 0 Å². The molecule has 2 aliphatic carbocycles. The molecule has 0 radical (unpaired) electrons. The first-order valence-electron chi connectivity index (χ1n) is 12.8. The number of carbonyl (C=O) groups is 1. The van der Waals surface area contributed by atoms with E-state index >= 15 is 0 Å². The lowest BCUT2D eigenvalue weighted by Crippen LogP contribution is -2.47. The topological polar surface area (TPSA) is 82.1 Å². The molecule has 1 aromatic rings. The van der Waals surface area contributed by atoms with Gasteiger partial charge < -0.3 is 14.2 Å². The van der Waals surface area contributed by atoms with Crippen molar-refractivity contribution in [2.45, 2.75) is 65.8 Å². The Labute approximate surface area is 210 Å². The second-order valence-corrected chi connectivity index (χ2v) is 13.3. The Morgan fingerprint density at radius 1 is 1.17 bits per heavy atom. The van der Waals surface area contributed by atoms with Crippen LogP contribution in [-0.2, 0) is 26.0 Å². The minimum Gasteiger partial charge on any atom is -0.493 e. The number of hydrogen-bond donors (Lipinski definition) is 0. The fraction of sp³-hybridized carbons (Fsp3) is 0.741. The zero-order chi connectivity index (χ0) is 25.6. The molecule has 8 heteroatoms. The molecule has 2 bridgehead atoms. The second kappa shape index (κ2) is 9.58. The third-order valence-corrected chi connectivity index (χ3v) is 11.1. The summed E-state index contributed by atoms with van der Waals surface area (Å²) in [6.45, 7) is 9.51. The molecule has 1 aromatic carbocycles. The van der Waals surface area contributed by atoms with Gasteiger partial charge in [0.25, 0.3) is 0 Å². The maximum atomic E-state index is 14.0. The minimum atomic E-state index is -3.64. The summed E-state index contributed by atoms with van der Waals surface area (Å²) in [7, 11) is -0.384. The van der Waals surface area contributed by atoms with Crippen molar-refractivity contribution in [1.29, 1.82) is 0 Å². The van der Waals surface area contributed by atoms with Crippen LogP contribution in [0.25, 0.3) is 0 Å². The molecular weight excluding hydrogens is 466 g/mol. The molecule has 0 aromatic heterocycles. The highest BCUT2D eigenvalue weighted by Gasteiger charge is 2.72. The van der Waals surface area contributed by atoms with Gasteiger partial charge in [-0.2, -0.15) is 0 Å². The fourth-order valence-electron chi connectivity index (χ4n) is 6.95. The van der Waals surface area contributed by atoms with Gasteiger partial charge in [-0.3, -0.25) is 4.79 Å². The van der Waals surface area contributed by atoms with Crippen molar-refractivity contribution >= 4 is 15.9 Å². The van der Waals surface area contributed by atoms with E-state index in [0.29, 0.717) is 37.1 Å². The lowest BCUT2D eigenvalue weighted by atomic mass is 9.69. The van der Waals surface area contributed by atoms with E-state index in [1.165, 1.54) is 4.31 Å². The number of nitrogens with zero attached hydrogens (tertiary/aromatic N) is 1. The zero-order valence-corrected chi connectivity index (χ0v) is 22.8. The third kappa shape index (κ3) is 4.35. The molecule has 1 saturated heterocycles. The van der Waals surface area contributed by atoms with Gasteiger partial charge in [0.1, 0.15) is 0 Å². The first kappa shape index (κ1) is 26.3. The molecular formula is C27H41NO6S. The van der Waals surface area contributed by atoms with Crippen LogP contribution < -0.4 is 9.47 Å². The number of carbonyl (C=O) groups excluding carboxylic acids is 1. The summed E-state index contributed by atoms with van der Waals surface area (Å²) in [5, 5.41) is 0. The number of amides is 1. The molecule has 7 nitrogen and oxygen atoms in total. The highest BCUT2D eigenvalue weighted by molar-refractivity contribution is 7.90. The summed E-state index contributed by atoms with van der Waals surface area (Å²) in [4.78, 5) is 14.0. The molecule has 3 aliphatic rings. The Morgan fingerprint density at radius 2 is 1.91 bits per heavy atom. The predicted molar refractivity (Wildman–Crippen MR) is 135 cm³/mol. The molecule has 3 fully saturated rings. The van der Waals surface area contributed by atoms with Gasteiger partial charge in [0.15, 0.2) is 11.5 Å². The highest BCUT2D eigenvalue weighted by Crippen LogP contribution is 2.70. The first-order chi connectivity index (χ1) is 16.5. The number of ether oxygens (including phenoxy) is 3. The molecule has 4 unspecified atom stereocenters. The van der Waals surface area contributed by atoms with E-state index in [2.05, 4.69) is 13.8 Å². The molecule has 1 amide bonds. The van der Waals surface area contributed by atoms with Gasteiger partial charge in [0.05, 0.1) is 25.5 Å². The molecule has 1 heterocycles. The van der Waals surface area contributed by atoms with E-state index in [1.807, 2.05) is 32.0 Å². The predicted octanol–water partition coefficient (Wildman–Crippen LogP) is 4.29. The van der Waals surface area contributed by atoms with Crippen LogP contribution in [0.2, 0.25) is 0 Å². The Morgan fingerprint density at radius 3 is 2.54 bits per heavy atom. The van der Waals surface area contributed by atoms with E-state index in [1.54, 1.807) is 14.2 Å². The number of benzene rings is 1. The van der Waals surface area contributed by atoms with Gasteiger partial charge >= 0.3 is 0 Å². The number of methoxy groups -OCH3 is 2. The number of hydrogen-bond acceptors (Lipinski definition) is 6. The van der Waals surface area contributed by atoms with E-state index < -0.39 is 15.9 Å². The summed E-state index contributed by atoms with van der Waals surface area (Å²) in [5.41, 5.74) is 0.564. The summed E-state index contributed by atoms with van der Waals surface area (Å²) in [6.07, 6.45) is 3.96. The van der Waals surface area contributed by atoms with Crippen LogP contribution >= 0.6 is 0 Å². The van der Waals surface area contributed by atoms with E-state index in [4.69, 9.17) is 14.2 Å². The van der Waals surface area contributed by atoms with Crippen molar-refractivity contribution in [3.63, 3.8) is 0 Å². The van der Waals surface area contributed by atoms with Crippen LogP contribution in [0.5, 0.6) is 11.5 Å². The summed E-state index contributed by atoms with van der Waals surface area (Å²) in [6, 6.07) is 5.49. The monoisotopic (exact) mass is 507 g/mol. The van der Waals surface area contributed by atoms with Crippen molar-refractivity contribution in [1.82, 2.24) is 4.31 Å². The Kier molecular flexibility index (Phi) is 7.19. The number of sulfonamides is 1. The number of rotatable bonds is 10. The molecule has 35 heavy (non-hydrogen) atoms. The van der Waals surface area contributed by atoms with Gasteiger partial charge in [-0.15, -0.1) is 0 Å². The SMILES string of the molecule is COCCCOc1cc(CC(C(=O)N2C3CC4CCC3(CS2(=O)=O)C4(C)C)C(C)C)ccc1OC. The number of fused-ring (bicyclic) bond motifs is 1. The highest BCUT2D eigenvalue weighted by atomic mass is 32.2. The lowest BCUT2D eigenvalue weighted by molar-refractivity contribution is -0.134. The standard InChI is InChI=1S/C27H41NO6S/c1-18(2)21(14-19-8-9-22(33-6)23(15-19)34-13-7-12-32-5)25(29)28-24-16-20-10-11-27(24,26(20,3)4)17-35(28,30)31/h8-9,15,18,20-21,24H,7,10-14,16-17H2,1-6H3. The van der Waals surface area contributed by atoms with Gasteiger partial charge in [0, 0.05) is 31.5 Å². The average molecular weight is 508 g/mol. The van der Waals surface area contributed by atoms with Gasteiger partial charge in [-0.25, -0.2) is 12.7 Å². The minimum absolute atomic E-state index is 0.00553. The molecule has 1 aliphatic heterocycles. The van der Waals surface area contributed by atoms with Crippen LogP contribution in [-0.4, -0.2) is 57.9 Å². The Bertz CT molecular complexity index is 1050. The smallest absolute Gasteiger partial charge is 0.240 e. The summed E-state index contributed by atoms with van der Waals surface area (Å²) < 4.78 is 44.7. The van der Waals surface area contributed by atoms with Gasteiger partial charge in [-0.1, -0.05) is 33.8 Å². The van der Waals surface area contributed by atoms with Crippen LogP contribution in [0.4, 0.5) is 0 Å². The summed E-state index contributed by atoms with van der Waals surface area (Å²) >= 11 is 0. The average Bonchev–Trinajstić information content (AvgIpc) is 3.27. The van der Waals surface area contributed by atoms with Gasteiger partial charge in [-0.05, 0) is 60.6 Å². The van der Waals surface area contributed by atoms with Crippen molar-refractivity contribution < 1.29 is 27.4 Å². The normalized spacial score (nSPS) is 28.8. The van der Waals surface area contributed by atoms with Crippen molar-refractivity contribution in [3.8, 4) is 11.5 Å². The van der Waals surface area contributed by atoms with E-state index in [-0.39, 0.29) is 34.4 Å². The molecule has 1 spiro atoms. The first-order valence-corrected chi connectivity index (χ1v) is 14.4. The third-order valence-electron chi connectivity index (χ3n) is 9.18. The van der Waals surface area contributed by atoms with Crippen LogP contribution in [0.1, 0.15) is 58.9 Å². The van der Waals surface area contributed by atoms with Crippen molar-refractivity contribution in [2.24, 2.45) is 28.6 Å². The molecule has 0 N–H and O–H groups in total. The van der Waals surface area contributed by atoms with Crippen molar-refractivity contribution in [3.05, 3.63) is 23.8 Å². The largest absolute Gasteiger partial charge is 0.493 e. The maximum Gasteiger partial charge on any atom is 0.240 e. The summed E-state index contributed by atoms with van der Waals surface area (Å²) in [5.74, 6) is 1.16. The zero-order valence-electron chi connectivity index (χ0n) is 22.0. The van der Waals surface area contributed by atoms with E-state index in [0.717, 1.165) is 31.2 Å². The Hall–Kier alpha value is -1.80. The molecule has 196 valence electrons. The quantitative estimate of drug-likeness (QED) is 0.440. The Balaban J connectivity index is 1.57. The van der Waals surface area contributed by atoms with Gasteiger partial charge in [0.2, 0.25) is 15.9 Å². The van der Waals surface area contributed by atoms with E-state index in [9.17, 15) is 13.2 Å². The lowest BCUT2D eigenvalue weighted by Gasteiger charge is -2.37. The maximum absolute atomic E-state index is 14.0. The molecule has 4 atom stereocenters. The van der Waals surface area contributed by atoms with Crippen LogP contribution in [0, 0.1) is 28.6 Å². The molecule has 2 saturated carbocycles. The fourth-order valence-corrected chi connectivity index (χ4v) is 9.53. The van der Waals surface area contributed by atoms with Crippen molar-refractivity contribution in [2.75, 3.05) is 33.2 Å². The second-order valence-electron chi connectivity index (χ2n) is 11.5. The van der Waals surface area contributed by atoms with Crippen LogP contribution in [0.15, 0.2) is 18.2 Å².